The molecule has 0 spiro atoms. The highest BCUT2D eigenvalue weighted by molar-refractivity contribution is 6.00. The number of nitrogens with zero attached hydrogens (tertiary/aromatic N) is 5. The summed E-state index contributed by atoms with van der Waals surface area (Å²) in [5, 5.41) is 5.25. The number of fused-ring (bicyclic) bond motifs is 2. The molecule has 3 N–H and O–H groups in total. The Kier molecular flexibility index (Phi) is 9.42. The van der Waals surface area contributed by atoms with Crippen LogP contribution in [0.5, 0.6) is 0 Å². The first kappa shape index (κ1) is 34.5. The van der Waals surface area contributed by atoms with Crippen LogP contribution in [0.25, 0.3) is 33.5 Å². The van der Waals surface area contributed by atoms with Gasteiger partial charge in [-0.1, -0.05) is 18.6 Å². The molecule has 0 saturated carbocycles. The summed E-state index contributed by atoms with van der Waals surface area (Å²) in [7, 11) is 1.75. The quantitative estimate of drug-likeness (QED) is 0.144. The Morgan fingerprint density at radius 2 is 1.75 bits per heavy atom. The van der Waals surface area contributed by atoms with Crippen LogP contribution < -0.4 is 21.2 Å². The third-order valence-electron chi connectivity index (χ3n) is 11.0. The minimum absolute atomic E-state index is 0.0802. The number of hydrogen-bond donors (Lipinski definition) is 3. The van der Waals surface area contributed by atoms with Gasteiger partial charge < -0.3 is 15.2 Å². The molecule has 2 fully saturated rings. The zero-order valence-corrected chi connectivity index (χ0v) is 29.8. The number of anilines is 1. The number of pyridine rings is 1. The van der Waals surface area contributed by atoms with Crippen molar-refractivity contribution in [2.24, 2.45) is 7.05 Å². The van der Waals surface area contributed by atoms with Gasteiger partial charge in [-0.3, -0.25) is 38.7 Å². The summed E-state index contributed by atoms with van der Waals surface area (Å²) in [4.78, 5) is 62.5. The van der Waals surface area contributed by atoms with E-state index in [1.807, 2.05) is 42.5 Å². The van der Waals surface area contributed by atoms with E-state index in [4.69, 9.17) is 0 Å². The van der Waals surface area contributed by atoms with E-state index in [9.17, 15) is 19.2 Å². The highest BCUT2D eigenvalue weighted by Gasteiger charge is 2.31. The van der Waals surface area contributed by atoms with Gasteiger partial charge in [0.2, 0.25) is 11.8 Å². The lowest BCUT2D eigenvalue weighted by molar-refractivity contribution is -0.135. The molecule has 3 aliphatic heterocycles. The van der Waals surface area contributed by atoms with Crippen LogP contribution in [0, 0.1) is 5.82 Å². The van der Waals surface area contributed by atoms with Gasteiger partial charge in [-0.05, 0) is 80.3 Å². The fraction of sp³-hybridized carbons (Fsp3) is 0.375. The SMILES string of the molecule is Cn1c(=O)n(C2CCC(=O)NC2=O)c2cccc(CCCCCN3CCN(c4ccc(F)c(-c5cc(-c6cc7c([nH]6)CCNC7=O)ccn5)c4)CC3)c21. The molecule has 5 aromatic rings. The van der Waals surface area contributed by atoms with Crippen LogP contribution >= 0.6 is 0 Å². The Balaban J connectivity index is 0.851. The van der Waals surface area contributed by atoms with E-state index in [1.54, 1.807) is 22.4 Å². The molecule has 274 valence electrons. The first-order valence-corrected chi connectivity index (χ1v) is 18.5. The summed E-state index contributed by atoms with van der Waals surface area (Å²) >= 11 is 0. The lowest BCUT2D eigenvalue weighted by Crippen LogP contribution is -2.46. The summed E-state index contributed by atoms with van der Waals surface area (Å²) < 4.78 is 18.4. The molecule has 0 bridgehead atoms. The Morgan fingerprint density at radius 3 is 2.57 bits per heavy atom. The number of aromatic amines is 1. The number of unbranched alkanes of at least 4 members (excludes halogenated alkanes) is 2. The first-order chi connectivity index (χ1) is 25.7. The minimum atomic E-state index is -0.688. The van der Waals surface area contributed by atoms with Crippen molar-refractivity contribution < 1.29 is 18.8 Å². The smallest absolute Gasteiger partial charge is 0.329 e. The van der Waals surface area contributed by atoms with Crippen molar-refractivity contribution >= 4 is 34.4 Å². The molecule has 6 heterocycles. The minimum Gasteiger partial charge on any atom is -0.369 e. The second kappa shape index (κ2) is 14.5. The lowest BCUT2D eigenvalue weighted by Gasteiger charge is -2.36. The van der Waals surface area contributed by atoms with Crippen molar-refractivity contribution in [1.29, 1.82) is 0 Å². The van der Waals surface area contributed by atoms with Gasteiger partial charge in [-0.2, -0.15) is 0 Å². The van der Waals surface area contributed by atoms with E-state index >= 15 is 4.39 Å². The number of benzene rings is 2. The van der Waals surface area contributed by atoms with Crippen molar-refractivity contribution in [2.45, 2.75) is 51.0 Å². The fourth-order valence-electron chi connectivity index (χ4n) is 8.11. The van der Waals surface area contributed by atoms with Gasteiger partial charge in [0.15, 0.2) is 0 Å². The fourth-order valence-corrected chi connectivity index (χ4v) is 8.11. The van der Waals surface area contributed by atoms with Gasteiger partial charge >= 0.3 is 5.69 Å². The van der Waals surface area contributed by atoms with Gasteiger partial charge in [0, 0.05) is 87.0 Å². The van der Waals surface area contributed by atoms with Crippen LogP contribution in [0.4, 0.5) is 10.1 Å². The number of aryl methyl sites for hydroxylation is 2. The Morgan fingerprint density at radius 1 is 0.906 bits per heavy atom. The maximum Gasteiger partial charge on any atom is 0.329 e. The normalized spacial score (nSPS) is 18.0. The van der Waals surface area contributed by atoms with Gasteiger partial charge in [-0.25, -0.2) is 9.18 Å². The summed E-state index contributed by atoms with van der Waals surface area (Å²) in [5.41, 5.74) is 7.61. The van der Waals surface area contributed by atoms with Crippen LogP contribution in [0.15, 0.2) is 65.6 Å². The van der Waals surface area contributed by atoms with E-state index in [2.05, 4.69) is 36.5 Å². The molecule has 2 aromatic carbocycles. The summed E-state index contributed by atoms with van der Waals surface area (Å²) in [6, 6.07) is 16.0. The molecule has 3 aromatic heterocycles. The van der Waals surface area contributed by atoms with Crippen LogP contribution in [0.1, 0.15) is 59.8 Å². The Hall–Kier alpha value is -5.56. The van der Waals surface area contributed by atoms with Crippen molar-refractivity contribution in [2.75, 3.05) is 44.2 Å². The highest BCUT2D eigenvalue weighted by atomic mass is 19.1. The number of para-hydroxylation sites is 1. The third-order valence-corrected chi connectivity index (χ3v) is 11.0. The third kappa shape index (κ3) is 6.76. The molecule has 0 aliphatic carbocycles. The number of H-pyrrole nitrogens is 1. The highest BCUT2D eigenvalue weighted by Crippen LogP contribution is 2.31. The molecule has 53 heavy (non-hydrogen) atoms. The molecule has 3 aliphatic rings. The predicted molar refractivity (Wildman–Crippen MR) is 200 cm³/mol. The largest absolute Gasteiger partial charge is 0.369 e. The number of rotatable bonds is 10. The second-order valence-corrected chi connectivity index (χ2v) is 14.3. The van der Waals surface area contributed by atoms with Gasteiger partial charge in [0.1, 0.15) is 11.9 Å². The van der Waals surface area contributed by atoms with Crippen LogP contribution in [0.2, 0.25) is 0 Å². The molecule has 0 radical (unpaired) electrons. The van der Waals surface area contributed by atoms with Crippen molar-refractivity contribution in [1.82, 2.24) is 34.6 Å². The molecule has 2 saturated heterocycles. The van der Waals surface area contributed by atoms with Crippen molar-refractivity contribution in [3.05, 3.63) is 93.9 Å². The zero-order valence-electron chi connectivity index (χ0n) is 29.8. The average molecular weight is 719 g/mol. The number of carbonyl (C=O) groups excluding carboxylic acids is 3. The van der Waals surface area contributed by atoms with E-state index in [1.165, 1.54) is 6.07 Å². The molecular formula is C40H43FN8O4. The van der Waals surface area contributed by atoms with Gasteiger partial charge in [0.25, 0.3) is 5.91 Å². The van der Waals surface area contributed by atoms with Crippen LogP contribution in [-0.4, -0.2) is 81.0 Å². The number of halogens is 1. The molecule has 1 atom stereocenters. The number of aromatic nitrogens is 4. The van der Waals surface area contributed by atoms with E-state index in [0.29, 0.717) is 29.8 Å². The van der Waals surface area contributed by atoms with E-state index in [-0.39, 0.29) is 29.7 Å². The maximum absolute atomic E-state index is 15.2. The summed E-state index contributed by atoms with van der Waals surface area (Å²) in [6.07, 6.45) is 6.87. The number of hydrogen-bond acceptors (Lipinski definition) is 7. The predicted octanol–water partition coefficient (Wildman–Crippen LogP) is 4.33. The first-order valence-electron chi connectivity index (χ1n) is 18.5. The number of amides is 3. The molecule has 3 amide bonds. The second-order valence-electron chi connectivity index (χ2n) is 14.3. The van der Waals surface area contributed by atoms with Crippen molar-refractivity contribution in [3.63, 3.8) is 0 Å². The summed E-state index contributed by atoms with van der Waals surface area (Å²) in [5.74, 6) is -1.13. The maximum atomic E-state index is 15.2. The topological polar surface area (TPSA) is 137 Å². The number of imidazole rings is 1. The van der Waals surface area contributed by atoms with Crippen LogP contribution in [-0.2, 0) is 29.5 Å². The van der Waals surface area contributed by atoms with E-state index < -0.39 is 11.9 Å². The number of nitrogens with one attached hydrogen (secondary N) is 3. The monoisotopic (exact) mass is 718 g/mol. The lowest BCUT2D eigenvalue weighted by atomic mass is 10.0. The number of piperazine rings is 1. The molecule has 13 heteroatoms. The number of piperidine rings is 1. The molecular weight excluding hydrogens is 675 g/mol. The standard InChI is InChI=1S/C40H43FN8O4/c1-46-37-25(7-5-8-34(37)49(40(46)53)35-11-12-36(50)45-39(35)52)6-3-2-4-17-47-18-20-48(21-19-47)27-9-10-30(41)28(23-27)33-22-26(13-15-42-33)32-24-29-31(44-32)14-16-43-38(29)51/h5,7-10,13,15,22-24,35,44H,2-4,6,11-12,14,16-21H2,1H3,(H,43,51)(H,45,50,52). The summed E-state index contributed by atoms with van der Waals surface area (Å²) in [6.45, 7) is 5.12. The van der Waals surface area contributed by atoms with Gasteiger partial charge in [0.05, 0.1) is 22.3 Å². The van der Waals surface area contributed by atoms with Crippen LogP contribution in [0.3, 0.4) is 0 Å². The number of imide groups is 1. The van der Waals surface area contributed by atoms with Gasteiger partial charge in [-0.15, -0.1) is 0 Å². The average Bonchev–Trinajstić information content (AvgIpc) is 3.72. The number of carbonyl (C=O) groups is 3. The van der Waals surface area contributed by atoms with Crippen molar-refractivity contribution in [3.8, 4) is 22.5 Å². The molecule has 1 unspecified atom stereocenters. The van der Waals surface area contributed by atoms with E-state index in [0.717, 1.165) is 104 Å². The Bertz CT molecular complexity index is 2280. The molecule has 8 rings (SSSR count). The molecule has 12 nitrogen and oxygen atoms in total. The Labute approximate surface area is 306 Å². The zero-order chi connectivity index (χ0) is 36.6.